The Kier molecular flexibility index (Phi) is 9.41. The predicted molar refractivity (Wildman–Crippen MR) is 144 cm³/mol. The molecule has 0 radical (unpaired) electrons. The Morgan fingerprint density at radius 2 is 1.39 bits per heavy atom. The third-order valence-electron chi connectivity index (χ3n) is 4.75. The molecule has 2 aromatic rings. The summed E-state index contributed by atoms with van der Waals surface area (Å²) in [7, 11) is 0. The highest BCUT2D eigenvalue weighted by molar-refractivity contribution is 5.81. The molecule has 164 valence electrons. The van der Waals surface area contributed by atoms with E-state index >= 15 is 0 Å². The number of allylic oxidation sites excluding steroid dienone is 14. The molecule has 0 saturated heterocycles. The lowest BCUT2D eigenvalue weighted by Gasteiger charge is -2.10. The van der Waals surface area contributed by atoms with Gasteiger partial charge in [0.15, 0.2) is 17.5 Å². The number of aromatic nitrogens is 3. The molecule has 3 heteroatoms. The van der Waals surface area contributed by atoms with Crippen molar-refractivity contribution in [3.05, 3.63) is 147 Å². The van der Waals surface area contributed by atoms with E-state index in [0.29, 0.717) is 23.0 Å². The molecule has 0 fully saturated rings. The standard InChI is InChI=1S/C30H29N3/c1-8-14-16-23(11-4)27(13-6)25-18-20-26(21-19-25)30-32-28(22(7)10-3)31-29(33-30)24(12-5)17-15-9-2/h8-21H,1-4,6-7H2,5H3/b16-14-,17-15-,24-12+,27-23-. The molecule has 0 spiro atoms. The predicted octanol–water partition coefficient (Wildman–Crippen LogP) is 7.75. The number of benzene rings is 1. The minimum atomic E-state index is 0.482. The van der Waals surface area contributed by atoms with E-state index in [0.717, 1.165) is 27.8 Å². The van der Waals surface area contributed by atoms with Crippen molar-refractivity contribution >= 4 is 16.7 Å². The quantitative estimate of drug-likeness (QED) is 0.341. The van der Waals surface area contributed by atoms with E-state index in [1.807, 2.05) is 67.6 Å². The monoisotopic (exact) mass is 431 g/mol. The first-order chi connectivity index (χ1) is 16.0. The second-order valence-corrected chi connectivity index (χ2v) is 6.82. The molecule has 3 nitrogen and oxygen atoms in total. The van der Waals surface area contributed by atoms with Crippen molar-refractivity contribution in [1.29, 1.82) is 0 Å². The van der Waals surface area contributed by atoms with Gasteiger partial charge in [-0.2, -0.15) is 0 Å². The molecule has 1 aromatic heterocycles. The molecular weight excluding hydrogens is 402 g/mol. The van der Waals surface area contributed by atoms with Crippen molar-refractivity contribution in [1.82, 2.24) is 15.0 Å². The maximum absolute atomic E-state index is 4.71. The average molecular weight is 432 g/mol. The fraction of sp³-hybridized carbons (Fsp3) is 0.0333. The van der Waals surface area contributed by atoms with Gasteiger partial charge in [-0.3, -0.25) is 0 Å². The van der Waals surface area contributed by atoms with Crippen LogP contribution < -0.4 is 0 Å². The van der Waals surface area contributed by atoms with Crippen LogP contribution in [0.1, 0.15) is 24.1 Å². The Hall–Kier alpha value is -4.37. The minimum Gasteiger partial charge on any atom is -0.208 e. The number of nitrogens with zero attached hydrogens (tertiary/aromatic N) is 3. The zero-order valence-corrected chi connectivity index (χ0v) is 19.2. The van der Waals surface area contributed by atoms with Gasteiger partial charge in [0.05, 0.1) is 0 Å². The highest BCUT2D eigenvalue weighted by Crippen LogP contribution is 2.26. The van der Waals surface area contributed by atoms with Gasteiger partial charge in [-0.1, -0.05) is 124 Å². The van der Waals surface area contributed by atoms with Crippen LogP contribution in [0.15, 0.2) is 130 Å². The van der Waals surface area contributed by atoms with Crippen LogP contribution in [-0.2, 0) is 0 Å². The van der Waals surface area contributed by atoms with Crippen LogP contribution in [0, 0.1) is 0 Å². The van der Waals surface area contributed by atoms with Crippen LogP contribution in [0.25, 0.3) is 28.1 Å². The summed E-state index contributed by atoms with van der Waals surface area (Å²) in [5.74, 6) is 1.59. The first kappa shape index (κ1) is 24.9. The van der Waals surface area contributed by atoms with Crippen molar-refractivity contribution in [2.75, 3.05) is 0 Å². The first-order valence-corrected chi connectivity index (χ1v) is 10.5. The minimum absolute atomic E-state index is 0.482. The Morgan fingerprint density at radius 1 is 0.758 bits per heavy atom. The normalized spacial score (nSPS) is 12.3. The van der Waals surface area contributed by atoms with Gasteiger partial charge >= 0.3 is 0 Å². The summed E-state index contributed by atoms with van der Waals surface area (Å²) in [6.07, 6.45) is 18.2. The van der Waals surface area contributed by atoms with Gasteiger partial charge in [0.25, 0.3) is 0 Å². The maximum atomic E-state index is 4.71. The molecule has 0 amide bonds. The van der Waals surface area contributed by atoms with Crippen LogP contribution in [0.2, 0.25) is 0 Å². The van der Waals surface area contributed by atoms with E-state index in [2.05, 4.69) is 49.4 Å². The van der Waals surface area contributed by atoms with E-state index < -0.39 is 0 Å². The lowest BCUT2D eigenvalue weighted by Crippen LogP contribution is -2.04. The summed E-state index contributed by atoms with van der Waals surface area (Å²) in [4.78, 5) is 13.9. The highest BCUT2D eigenvalue weighted by Gasteiger charge is 2.12. The summed E-state index contributed by atoms with van der Waals surface area (Å²) in [5, 5.41) is 0. The van der Waals surface area contributed by atoms with Crippen molar-refractivity contribution in [2.45, 2.75) is 6.92 Å². The SMILES string of the molecule is C=C/C=C\C(C=C)=C(\C=C)c1ccc(-c2nc(C(=C)C=C)nc(C(/C=C\C=C)=C/C)n2)cc1. The molecule has 0 bridgehead atoms. The van der Waals surface area contributed by atoms with Gasteiger partial charge < -0.3 is 0 Å². The van der Waals surface area contributed by atoms with E-state index in [4.69, 9.17) is 4.98 Å². The molecule has 2 rings (SSSR count). The third-order valence-corrected chi connectivity index (χ3v) is 4.75. The molecular formula is C30H29N3. The van der Waals surface area contributed by atoms with Gasteiger partial charge in [0.2, 0.25) is 0 Å². The van der Waals surface area contributed by atoms with Crippen molar-refractivity contribution in [3.63, 3.8) is 0 Å². The lowest BCUT2D eigenvalue weighted by molar-refractivity contribution is 1.00. The van der Waals surface area contributed by atoms with Crippen molar-refractivity contribution < 1.29 is 0 Å². The van der Waals surface area contributed by atoms with Crippen LogP contribution in [0.4, 0.5) is 0 Å². The van der Waals surface area contributed by atoms with E-state index in [-0.39, 0.29) is 0 Å². The molecule has 0 aliphatic rings. The fourth-order valence-corrected chi connectivity index (χ4v) is 2.98. The van der Waals surface area contributed by atoms with E-state index in [1.54, 1.807) is 24.3 Å². The van der Waals surface area contributed by atoms with Gasteiger partial charge in [-0.05, 0) is 23.6 Å². The van der Waals surface area contributed by atoms with Crippen molar-refractivity contribution in [2.24, 2.45) is 0 Å². The highest BCUT2D eigenvalue weighted by atomic mass is 15.0. The molecule has 1 heterocycles. The Morgan fingerprint density at radius 3 is 1.94 bits per heavy atom. The van der Waals surface area contributed by atoms with E-state index in [1.165, 1.54) is 0 Å². The molecule has 33 heavy (non-hydrogen) atoms. The average Bonchev–Trinajstić information content (AvgIpc) is 2.86. The van der Waals surface area contributed by atoms with Gasteiger partial charge in [0, 0.05) is 16.7 Å². The molecule has 0 unspecified atom stereocenters. The molecule has 0 saturated carbocycles. The lowest BCUT2D eigenvalue weighted by atomic mass is 9.98. The number of rotatable bonds is 11. The van der Waals surface area contributed by atoms with Crippen LogP contribution >= 0.6 is 0 Å². The van der Waals surface area contributed by atoms with E-state index in [9.17, 15) is 0 Å². The molecule has 0 aliphatic carbocycles. The van der Waals surface area contributed by atoms with Gasteiger partial charge in [-0.15, -0.1) is 0 Å². The summed E-state index contributed by atoms with van der Waals surface area (Å²) in [6, 6.07) is 7.98. The summed E-state index contributed by atoms with van der Waals surface area (Å²) >= 11 is 0. The smallest absolute Gasteiger partial charge is 0.164 e. The van der Waals surface area contributed by atoms with Crippen LogP contribution in [-0.4, -0.2) is 15.0 Å². The number of hydrogen-bond donors (Lipinski definition) is 0. The second kappa shape index (κ2) is 12.5. The molecule has 0 N–H and O–H groups in total. The second-order valence-electron chi connectivity index (χ2n) is 6.82. The topological polar surface area (TPSA) is 38.7 Å². The molecule has 1 aromatic carbocycles. The number of hydrogen-bond acceptors (Lipinski definition) is 3. The first-order valence-electron chi connectivity index (χ1n) is 10.5. The maximum Gasteiger partial charge on any atom is 0.164 e. The molecule has 0 aliphatic heterocycles. The largest absolute Gasteiger partial charge is 0.208 e. The van der Waals surface area contributed by atoms with Gasteiger partial charge in [-0.25, -0.2) is 15.0 Å². The zero-order chi connectivity index (χ0) is 24.2. The van der Waals surface area contributed by atoms with Gasteiger partial charge in [0.1, 0.15) is 0 Å². The Labute approximate surface area is 197 Å². The fourth-order valence-electron chi connectivity index (χ4n) is 2.98. The summed E-state index contributed by atoms with van der Waals surface area (Å²) < 4.78 is 0. The summed E-state index contributed by atoms with van der Waals surface area (Å²) in [5.41, 5.74) is 5.27. The Bertz CT molecular complexity index is 1200. The van der Waals surface area contributed by atoms with Crippen molar-refractivity contribution in [3.8, 4) is 11.4 Å². The van der Waals surface area contributed by atoms with Crippen LogP contribution in [0.5, 0.6) is 0 Å². The zero-order valence-electron chi connectivity index (χ0n) is 19.2. The Balaban J connectivity index is 2.62. The van der Waals surface area contributed by atoms with Crippen LogP contribution in [0.3, 0.4) is 0 Å². The summed E-state index contributed by atoms with van der Waals surface area (Å²) in [6.45, 7) is 25.1. The molecule has 0 atom stereocenters. The third kappa shape index (κ3) is 6.31.